The number of carbonyl (C=O) groups is 4. The van der Waals surface area contributed by atoms with Gasteiger partial charge in [0.25, 0.3) is 5.56 Å². The quantitative estimate of drug-likeness (QED) is 0.389. The molecule has 1 aliphatic heterocycles. The van der Waals surface area contributed by atoms with Crippen molar-refractivity contribution in [3.8, 4) is 0 Å². The standard InChI is InChI=1S/C20H26N2O11/c1-10(2)8-30-20(28)22-15(26)6-7-21(19(22)27)18-17(32-13(5)25)16(31-12(4)24)14(33-18)9-29-11(3)23/h6-7,10,14,16-18H,8-9H2,1-5H3/t14-,16-,17-,18-/m1/s1. The lowest BCUT2D eigenvalue weighted by atomic mass is 10.1. The van der Waals surface area contributed by atoms with Gasteiger partial charge in [-0.1, -0.05) is 13.8 Å². The van der Waals surface area contributed by atoms with Crippen molar-refractivity contribution in [2.24, 2.45) is 5.92 Å². The summed E-state index contributed by atoms with van der Waals surface area (Å²) in [4.78, 5) is 72.2. The number of hydrogen-bond donors (Lipinski definition) is 0. The average Bonchev–Trinajstić information content (AvgIpc) is 3.00. The topological polar surface area (TPSA) is 158 Å². The van der Waals surface area contributed by atoms with E-state index in [4.69, 9.17) is 23.7 Å². The van der Waals surface area contributed by atoms with Gasteiger partial charge in [-0.2, -0.15) is 4.57 Å². The normalized spacial score (nSPS) is 22.0. The molecule has 0 bridgehead atoms. The highest BCUT2D eigenvalue weighted by molar-refractivity contribution is 5.70. The van der Waals surface area contributed by atoms with E-state index < -0.39 is 59.8 Å². The summed E-state index contributed by atoms with van der Waals surface area (Å²) in [5, 5.41) is 0. The van der Waals surface area contributed by atoms with E-state index in [1.807, 2.05) is 0 Å². The Morgan fingerprint density at radius 1 is 0.970 bits per heavy atom. The molecule has 1 aromatic rings. The molecule has 2 rings (SSSR count). The van der Waals surface area contributed by atoms with Gasteiger partial charge >= 0.3 is 29.7 Å². The Morgan fingerprint density at radius 2 is 1.58 bits per heavy atom. The van der Waals surface area contributed by atoms with E-state index >= 15 is 0 Å². The summed E-state index contributed by atoms with van der Waals surface area (Å²) in [5.74, 6) is -2.22. The summed E-state index contributed by atoms with van der Waals surface area (Å²) in [6, 6.07) is 0.923. The third kappa shape index (κ3) is 6.51. The number of hydrogen-bond acceptors (Lipinski definition) is 11. The lowest BCUT2D eigenvalue weighted by Crippen LogP contribution is -2.47. The molecule has 1 fully saturated rings. The Morgan fingerprint density at radius 3 is 2.12 bits per heavy atom. The van der Waals surface area contributed by atoms with Gasteiger partial charge in [0.05, 0.1) is 6.61 Å². The first-order valence-corrected chi connectivity index (χ1v) is 10.1. The first-order valence-electron chi connectivity index (χ1n) is 10.1. The average molecular weight is 470 g/mol. The second kappa shape index (κ2) is 10.9. The van der Waals surface area contributed by atoms with E-state index in [0.717, 1.165) is 37.6 Å². The van der Waals surface area contributed by atoms with Crippen LogP contribution in [0.4, 0.5) is 4.79 Å². The zero-order chi connectivity index (χ0) is 24.9. The summed E-state index contributed by atoms with van der Waals surface area (Å²) in [7, 11) is 0. The SMILES string of the molecule is CC(=O)OC[C@H]1O[C@@H](n2ccc(=O)n(C(=O)OCC(C)C)c2=O)[C@H](OC(C)=O)[C@@H]1OC(C)=O. The zero-order valence-corrected chi connectivity index (χ0v) is 18.8. The van der Waals surface area contributed by atoms with E-state index in [-0.39, 0.29) is 23.7 Å². The van der Waals surface area contributed by atoms with Crippen molar-refractivity contribution < 1.29 is 42.9 Å². The smallest absolute Gasteiger partial charge is 0.425 e. The number of carbonyl (C=O) groups excluding carboxylic acids is 4. The van der Waals surface area contributed by atoms with Crippen LogP contribution in [0.1, 0.15) is 40.8 Å². The van der Waals surface area contributed by atoms with Crippen LogP contribution in [0.2, 0.25) is 0 Å². The van der Waals surface area contributed by atoms with Gasteiger partial charge in [0, 0.05) is 33.0 Å². The van der Waals surface area contributed by atoms with Crippen molar-refractivity contribution in [1.29, 1.82) is 0 Å². The maximum absolute atomic E-state index is 13.0. The van der Waals surface area contributed by atoms with Crippen molar-refractivity contribution >= 4 is 24.0 Å². The molecule has 33 heavy (non-hydrogen) atoms. The van der Waals surface area contributed by atoms with Crippen molar-refractivity contribution in [3.63, 3.8) is 0 Å². The van der Waals surface area contributed by atoms with Crippen LogP contribution in [0.25, 0.3) is 0 Å². The van der Waals surface area contributed by atoms with Gasteiger partial charge in [-0.3, -0.25) is 23.7 Å². The summed E-state index contributed by atoms with van der Waals surface area (Å²) < 4.78 is 27.2. The monoisotopic (exact) mass is 470 g/mol. The van der Waals surface area contributed by atoms with Gasteiger partial charge in [0.1, 0.15) is 12.7 Å². The molecule has 182 valence electrons. The van der Waals surface area contributed by atoms with Gasteiger partial charge in [-0.25, -0.2) is 9.59 Å². The van der Waals surface area contributed by atoms with Crippen LogP contribution in [0, 0.1) is 5.92 Å². The van der Waals surface area contributed by atoms with E-state index in [1.165, 1.54) is 0 Å². The number of esters is 3. The maximum Gasteiger partial charge on any atom is 0.425 e. The van der Waals surface area contributed by atoms with E-state index in [2.05, 4.69) is 0 Å². The summed E-state index contributed by atoms with van der Waals surface area (Å²) in [6.45, 7) is 6.48. The van der Waals surface area contributed by atoms with Crippen LogP contribution in [-0.4, -0.2) is 64.7 Å². The fourth-order valence-electron chi connectivity index (χ4n) is 3.07. The summed E-state index contributed by atoms with van der Waals surface area (Å²) in [5.41, 5.74) is -2.08. The molecule has 1 aromatic heterocycles. The highest BCUT2D eigenvalue weighted by atomic mass is 16.7. The Bertz CT molecular complexity index is 1030. The van der Waals surface area contributed by atoms with Gasteiger partial charge in [-0.15, -0.1) is 0 Å². The number of nitrogens with zero attached hydrogens (tertiary/aromatic N) is 2. The Hall–Kier alpha value is -3.48. The molecular weight excluding hydrogens is 444 g/mol. The first-order chi connectivity index (χ1) is 15.4. The number of rotatable bonds is 7. The van der Waals surface area contributed by atoms with Gasteiger partial charge in [0.15, 0.2) is 18.4 Å². The predicted octanol–water partition coefficient (Wildman–Crippen LogP) is -0.0254. The molecule has 0 amide bonds. The molecule has 2 heterocycles. The Balaban J connectivity index is 2.51. The Labute approximate surface area is 188 Å². The molecule has 0 unspecified atom stereocenters. The minimum Gasteiger partial charge on any atom is -0.463 e. The maximum atomic E-state index is 13.0. The van der Waals surface area contributed by atoms with Crippen molar-refractivity contribution in [3.05, 3.63) is 33.1 Å². The second-order valence-corrected chi connectivity index (χ2v) is 7.67. The lowest BCUT2D eigenvalue weighted by molar-refractivity contribution is -0.166. The molecule has 0 radical (unpaired) electrons. The minimum absolute atomic E-state index is 0.0331. The summed E-state index contributed by atoms with van der Waals surface area (Å²) in [6.07, 6.45) is -5.30. The molecule has 0 aromatic carbocycles. The molecule has 0 N–H and O–H groups in total. The third-order valence-corrected chi connectivity index (χ3v) is 4.35. The minimum atomic E-state index is -1.42. The lowest BCUT2D eigenvalue weighted by Gasteiger charge is -2.24. The molecule has 1 saturated heterocycles. The molecule has 13 nitrogen and oxygen atoms in total. The van der Waals surface area contributed by atoms with Crippen LogP contribution in [0.3, 0.4) is 0 Å². The van der Waals surface area contributed by atoms with Crippen LogP contribution in [-0.2, 0) is 38.1 Å². The van der Waals surface area contributed by atoms with Crippen LogP contribution >= 0.6 is 0 Å². The second-order valence-electron chi connectivity index (χ2n) is 7.67. The van der Waals surface area contributed by atoms with Crippen LogP contribution in [0.15, 0.2) is 21.9 Å². The predicted molar refractivity (Wildman–Crippen MR) is 108 cm³/mol. The van der Waals surface area contributed by atoms with Crippen LogP contribution in [0.5, 0.6) is 0 Å². The van der Waals surface area contributed by atoms with Gasteiger partial charge in [-0.05, 0) is 5.92 Å². The molecule has 0 saturated carbocycles. The fraction of sp³-hybridized carbons (Fsp3) is 0.600. The molecule has 0 aliphatic carbocycles. The number of aromatic nitrogens is 2. The summed E-state index contributed by atoms with van der Waals surface area (Å²) >= 11 is 0. The van der Waals surface area contributed by atoms with E-state index in [0.29, 0.717) is 0 Å². The molecular formula is C20H26N2O11. The van der Waals surface area contributed by atoms with Crippen molar-refractivity contribution in [2.45, 2.75) is 59.2 Å². The van der Waals surface area contributed by atoms with E-state index in [9.17, 15) is 28.8 Å². The van der Waals surface area contributed by atoms with Gasteiger partial charge in [0.2, 0.25) is 0 Å². The Kier molecular flexibility index (Phi) is 8.51. The van der Waals surface area contributed by atoms with Crippen molar-refractivity contribution in [2.75, 3.05) is 13.2 Å². The first kappa shape index (κ1) is 25.8. The fourth-order valence-corrected chi connectivity index (χ4v) is 3.07. The van der Waals surface area contributed by atoms with Gasteiger partial charge < -0.3 is 23.7 Å². The van der Waals surface area contributed by atoms with E-state index in [1.54, 1.807) is 13.8 Å². The largest absolute Gasteiger partial charge is 0.463 e. The molecule has 1 aliphatic rings. The number of ether oxygens (including phenoxy) is 5. The third-order valence-electron chi connectivity index (χ3n) is 4.35. The molecule has 13 heteroatoms. The highest BCUT2D eigenvalue weighted by Crippen LogP contribution is 2.33. The van der Waals surface area contributed by atoms with Crippen molar-refractivity contribution in [1.82, 2.24) is 9.13 Å². The van der Waals surface area contributed by atoms with Crippen LogP contribution < -0.4 is 11.2 Å². The highest BCUT2D eigenvalue weighted by Gasteiger charge is 2.51. The zero-order valence-electron chi connectivity index (χ0n) is 18.8. The molecule has 0 spiro atoms. The molecule has 4 atom stereocenters.